The average Bonchev–Trinajstić information content (AvgIpc) is 3.30. The van der Waals surface area contributed by atoms with Crippen molar-refractivity contribution in [1.82, 2.24) is 20.3 Å². The monoisotopic (exact) mass is 555 g/mol. The fourth-order valence-corrected chi connectivity index (χ4v) is 5.72. The number of rotatable bonds is 8. The molecule has 0 unspecified atom stereocenters. The van der Waals surface area contributed by atoms with Gasteiger partial charge in [0.05, 0.1) is 16.2 Å². The third kappa shape index (κ3) is 7.84. The number of carbonyl (C=O) groups is 1. The maximum atomic E-state index is 12.4. The zero-order valence-electron chi connectivity index (χ0n) is 19.4. The van der Waals surface area contributed by atoms with E-state index in [-0.39, 0.29) is 17.2 Å². The molecule has 1 amide bonds. The van der Waals surface area contributed by atoms with Gasteiger partial charge in [-0.25, -0.2) is 23.5 Å². The van der Waals surface area contributed by atoms with Crippen LogP contribution in [0.3, 0.4) is 0 Å². The number of aromatic nitrogens is 3. The summed E-state index contributed by atoms with van der Waals surface area (Å²) < 4.78 is 59.8. The minimum absolute atomic E-state index is 0.00635. The molecule has 10 nitrogen and oxygen atoms in total. The first-order valence-corrected chi connectivity index (χ1v) is 13.7. The number of pyridine rings is 2. The first-order valence-electron chi connectivity index (χ1n) is 11.2. The van der Waals surface area contributed by atoms with Gasteiger partial charge in [-0.1, -0.05) is 11.3 Å². The predicted octanol–water partition coefficient (Wildman–Crippen LogP) is 3.14. The van der Waals surface area contributed by atoms with Crippen molar-refractivity contribution in [2.45, 2.75) is 19.0 Å². The maximum absolute atomic E-state index is 12.4. The first kappa shape index (κ1) is 26.8. The van der Waals surface area contributed by atoms with E-state index in [1.165, 1.54) is 29.8 Å². The fourth-order valence-electron chi connectivity index (χ4n) is 3.93. The molecule has 15 heteroatoms. The Labute approximate surface area is 215 Å². The van der Waals surface area contributed by atoms with Crippen LogP contribution < -0.4 is 20.7 Å². The summed E-state index contributed by atoms with van der Waals surface area (Å²) in [5.74, 6) is -0.275. The van der Waals surface area contributed by atoms with E-state index in [4.69, 9.17) is 5.14 Å². The molecular weight excluding hydrogens is 531 g/mol. The van der Waals surface area contributed by atoms with Crippen LogP contribution in [0.25, 0.3) is 10.4 Å². The summed E-state index contributed by atoms with van der Waals surface area (Å²) in [6.07, 6.45) is 2.86. The third-order valence-electron chi connectivity index (χ3n) is 5.67. The number of halogens is 3. The van der Waals surface area contributed by atoms with Crippen LogP contribution in [0, 0.1) is 5.92 Å². The van der Waals surface area contributed by atoms with Gasteiger partial charge in [0.1, 0.15) is 12.4 Å². The van der Waals surface area contributed by atoms with Crippen molar-refractivity contribution in [3.05, 3.63) is 48.5 Å². The number of primary sulfonamides is 1. The number of hydrogen-bond donors (Lipinski definition) is 3. The molecule has 0 bridgehead atoms. The number of amides is 1. The van der Waals surface area contributed by atoms with Crippen LogP contribution in [-0.2, 0) is 10.0 Å². The lowest BCUT2D eigenvalue weighted by Gasteiger charge is -2.33. The summed E-state index contributed by atoms with van der Waals surface area (Å²) in [5, 5.41) is 10.7. The third-order valence-corrected chi connectivity index (χ3v) is 7.56. The number of thiazole rings is 1. The molecule has 37 heavy (non-hydrogen) atoms. The van der Waals surface area contributed by atoms with E-state index in [0.29, 0.717) is 34.5 Å². The van der Waals surface area contributed by atoms with Gasteiger partial charge in [-0.2, -0.15) is 13.2 Å². The zero-order valence-corrected chi connectivity index (χ0v) is 21.0. The van der Waals surface area contributed by atoms with Crippen LogP contribution in [0.4, 0.5) is 29.8 Å². The lowest BCUT2D eigenvalue weighted by atomic mass is 9.98. The number of hydrogen-bond acceptors (Lipinski definition) is 9. The predicted molar refractivity (Wildman–Crippen MR) is 134 cm³/mol. The number of nitrogens with zero attached hydrogens (tertiary/aromatic N) is 4. The van der Waals surface area contributed by atoms with Gasteiger partial charge in [0.25, 0.3) is 5.91 Å². The highest BCUT2D eigenvalue weighted by Gasteiger charge is 2.28. The Hall–Kier alpha value is -3.30. The summed E-state index contributed by atoms with van der Waals surface area (Å²) in [4.78, 5) is 27.5. The van der Waals surface area contributed by atoms with E-state index in [9.17, 15) is 26.4 Å². The van der Waals surface area contributed by atoms with Gasteiger partial charge < -0.3 is 15.5 Å². The van der Waals surface area contributed by atoms with Crippen molar-refractivity contribution < 1.29 is 26.4 Å². The molecule has 4 N–H and O–H groups in total. The Bertz CT molecular complexity index is 1360. The highest BCUT2D eigenvalue weighted by Crippen LogP contribution is 2.31. The molecule has 0 aliphatic carbocycles. The second kappa shape index (κ2) is 11.0. The van der Waals surface area contributed by atoms with Crippen molar-refractivity contribution in [3.8, 4) is 10.4 Å². The molecule has 3 aromatic heterocycles. The van der Waals surface area contributed by atoms with Crippen LogP contribution in [0.15, 0.2) is 43.0 Å². The smallest absolute Gasteiger partial charge is 0.371 e. The maximum Gasteiger partial charge on any atom is 0.405 e. The topological polar surface area (TPSA) is 143 Å². The Kier molecular flexibility index (Phi) is 7.94. The SMILES string of the molecule is NS(=O)(=O)CC1CCN(c2ccnc(Nc3ncc(-c4cncc(C(=O)NCC(F)(F)F)c4)s3)c2)CC1. The Balaban J connectivity index is 1.39. The molecule has 0 radical (unpaired) electrons. The summed E-state index contributed by atoms with van der Waals surface area (Å²) in [6, 6.07) is 5.20. The van der Waals surface area contributed by atoms with Crippen molar-refractivity contribution in [2.24, 2.45) is 11.1 Å². The molecule has 1 aliphatic heterocycles. The molecule has 1 fully saturated rings. The molecule has 1 saturated heterocycles. The van der Waals surface area contributed by atoms with Gasteiger partial charge in [-0.3, -0.25) is 9.78 Å². The number of piperidine rings is 1. The normalized spacial score (nSPS) is 15.0. The van der Waals surface area contributed by atoms with Crippen LogP contribution in [0.1, 0.15) is 23.2 Å². The van der Waals surface area contributed by atoms with Crippen LogP contribution in [0.5, 0.6) is 0 Å². The summed E-state index contributed by atoms with van der Waals surface area (Å²) in [6.45, 7) is -0.0276. The molecule has 3 aromatic rings. The summed E-state index contributed by atoms with van der Waals surface area (Å²) >= 11 is 1.27. The average molecular weight is 556 g/mol. The van der Waals surface area contributed by atoms with Crippen LogP contribution in [-0.4, -0.2) is 60.8 Å². The van der Waals surface area contributed by atoms with Crippen molar-refractivity contribution in [1.29, 1.82) is 0 Å². The number of carbonyl (C=O) groups excluding carboxylic acids is 1. The second-order valence-corrected chi connectivity index (χ2v) is 11.3. The minimum Gasteiger partial charge on any atom is -0.371 e. The van der Waals surface area contributed by atoms with Gasteiger partial charge in [-0.05, 0) is 30.9 Å². The fraction of sp³-hybridized carbons (Fsp3) is 0.364. The van der Waals surface area contributed by atoms with Gasteiger partial charge in [-0.15, -0.1) is 0 Å². The number of sulfonamides is 1. The van der Waals surface area contributed by atoms with E-state index in [1.807, 2.05) is 17.4 Å². The van der Waals surface area contributed by atoms with Crippen LogP contribution >= 0.6 is 11.3 Å². The van der Waals surface area contributed by atoms with E-state index < -0.39 is 28.7 Å². The Morgan fingerprint density at radius 1 is 1.16 bits per heavy atom. The molecule has 0 saturated carbocycles. The van der Waals surface area contributed by atoms with Gasteiger partial charge >= 0.3 is 6.18 Å². The highest BCUT2D eigenvalue weighted by molar-refractivity contribution is 7.89. The molecule has 1 aliphatic rings. The molecule has 198 valence electrons. The second-order valence-electron chi connectivity index (χ2n) is 8.57. The minimum atomic E-state index is -4.51. The van der Waals surface area contributed by atoms with Crippen molar-refractivity contribution in [3.63, 3.8) is 0 Å². The number of nitrogens with one attached hydrogen (secondary N) is 2. The lowest BCUT2D eigenvalue weighted by molar-refractivity contribution is -0.123. The molecule has 0 aromatic carbocycles. The standard InChI is InChI=1S/C22H24F3N7O3S2/c23-22(24,25)13-30-20(33)16-7-15(9-27-10-16)18-11-29-21(36-18)31-19-8-17(1-4-28-19)32-5-2-14(3-6-32)12-37(26,34)35/h1,4,7-11,14H,2-3,5-6,12-13H2,(H,30,33)(H2,26,34,35)(H,28,29,31). The quantitative estimate of drug-likeness (QED) is 0.385. The molecular formula is C22H24F3N7O3S2. The van der Waals surface area contributed by atoms with Crippen molar-refractivity contribution >= 4 is 43.9 Å². The Morgan fingerprint density at radius 3 is 2.62 bits per heavy atom. The first-order chi connectivity index (χ1) is 17.4. The highest BCUT2D eigenvalue weighted by atomic mass is 32.2. The molecule has 0 atom stereocenters. The van der Waals surface area contributed by atoms with E-state index in [1.54, 1.807) is 12.4 Å². The summed E-state index contributed by atoms with van der Waals surface area (Å²) in [7, 11) is -3.49. The zero-order chi connectivity index (χ0) is 26.6. The summed E-state index contributed by atoms with van der Waals surface area (Å²) in [5.41, 5.74) is 1.48. The molecule has 4 rings (SSSR count). The van der Waals surface area contributed by atoms with E-state index in [0.717, 1.165) is 18.5 Å². The van der Waals surface area contributed by atoms with Gasteiger partial charge in [0, 0.05) is 55.2 Å². The number of alkyl halides is 3. The number of anilines is 3. The van der Waals surface area contributed by atoms with E-state index in [2.05, 4.69) is 25.2 Å². The van der Waals surface area contributed by atoms with E-state index >= 15 is 0 Å². The van der Waals surface area contributed by atoms with Gasteiger partial charge in [0.2, 0.25) is 10.0 Å². The van der Waals surface area contributed by atoms with Crippen LogP contribution in [0.2, 0.25) is 0 Å². The molecule has 4 heterocycles. The van der Waals surface area contributed by atoms with Gasteiger partial charge in [0.15, 0.2) is 5.13 Å². The Morgan fingerprint density at radius 2 is 1.92 bits per heavy atom. The van der Waals surface area contributed by atoms with Crippen molar-refractivity contribution in [2.75, 3.05) is 35.6 Å². The molecule has 0 spiro atoms. The largest absolute Gasteiger partial charge is 0.405 e. The number of nitrogens with two attached hydrogens (primary N) is 1. The lowest BCUT2D eigenvalue weighted by Crippen LogP contribution is -2.37.